The Labute approximate surface area is 370 Å². The molecule has 0 fully saturated rings. The zero-order valence-electron chi connectivity index (χ0n) is 40.4. The second-order valence-electron chi connectivity index (χ2n) is 19.2. The van der Waals surface area contributed by atoms with Gasteiger partial charge in [0, 0.05) is 6.42 Å². The third kappa shape index (κ3) is 45.2. The van der Waals surface area contributed by atoms with Gasteiger partial charge in [-0.25, -0.2) is 0 Å². The number of aliphatic hydroxyl groups excluding tert-OH is 3. The van der Waals surface area contributed by atoms with Crippen LogP contribution in [0.3, 0.4) is 0 Å². The van der Waals surface area contributed by atoms with E-state index < -0.39 is 18.2 Å². The van der Waals surface area contributed by atoms with Crippen molar-refractivity contribution in [3.8, 4) is 0 Å². The monoisotopic (exact) mass is 836 g/mol. The van der Waals surface area contributed by atoms with Crippen LogP contribution in [0.5, 0.6) is 0 Å². The van der Waals surface area contributed by atoms with E-state index in [0.717, 1.165) is 32.1 Å². The van der Waals surface area contributed by atoms with Crippen molar-refractivity contribution in [1.29, 1.82) is 0 Å². The molecule has 0 saturated carbocycles. The summed E-state index contributed by atoms with van der Waals surface area (Å²) in [5.74, 6) is -0.137. The van der Waals surface area contributed by atoms with E-state index in [1.54, 1.807) is 0 Å². The van der Waals surface area contributed by atoms with E-state index in [1.165, 1.54) is 257 Å². The van der Waals surface area contributed by atoms with Gasteiger partial charge < -0.3 is 20.6 Å². The first kappa shape index (κ1) is 58.4. The van der Waals surface area contributed by atoms with E-state index in [4.69, 9.17) is 0 Å². The van der Waals surface area contributed by atoms with Crippen LogP contribution in [0, 0.1) is 0 Å². The fraction of sp³-hybridized carbons (Fsp3) is 0.981. The van der Waals surface area contributed by atoms with Crippen molar-refractivity contribution in [3.63, 3.8) is 0 Å². The normalized spacial score (nSPS) is 13.2. The topological polar surface area (TPSA) is 89.8 Å². The Morgan fingerprint density at radius 1 is 0.356 bits per heavy atom. The third-order valence-corrected chi connectivity index (χ3v) is 13.2. The van der Waals surface area contributed by atoms with Gasteiger partial charge in [0.2, 0.25) is 5.91 Å². The highest BCUT2D eigenvalue weighted by atomic mass is 16.3. The standard InChI is InChI=1S/C54H109NO4/c1-3-5-7-9-11-13-15-17-18-19-20-21-22-23-24-25-26-27-28-29-30-31-32-33-34-35-37-39-41-43-45-47-49-53(58)55-51(50-56)54(59)52(57)48-46-44-42-40-38-36-16-14-12-10-8-6-4-2/h51-52,54,56-57,59H,3-50H2,1-2H3,(H,55,58). The van der Waals surface area contributed by atoms with Crippen molar-refractivity contribution in [3.05, 3.63) is 0 Å². The first-order chi connectivity index (χ1) is 29.1. The Kier molecular flexibility index (Phi) is 49.4. The molecule has 0 rings (SSSR count). The molecule has 0 spiro atoms. The number of carbonyl (C=O) groups is 1. The Bertz CT molecular complexity index is 792. The maximum Gasteiger partial charge on any atom is 0.220 e. The van der Waals surface area contributed by atoms with Gasteiger partial charge in [0.05, 0.1) is 18.8 Å². The Morgan fingerprint density at radius 3 is 0.814 bits per heavy atom. The van der Waals surface area contributed by atoms with Crippen LogP contribution >= 0.6 is 0 Å². The molecule has 4 N–H and O–H groups in total. The lowest BCUT2D eigenvalue weighted by molar-refractivity contribution is -0.124. The van der Waals surface area contributed by atoms with Crippen molar-refractivity contribution in [1.82, 2.24) is 5.32 Å². The lowest BCUT2D eigenvalue weighted by Crippen LogP contribution is -2.50. The number of carbonyl (C=O) groups excluding carboxylic acids is 1. The van der Waals surface area contributed by atoms with Crippen LogP contribution in [0.4, 0.5) is 0 Å². The summed E-state index contributed by atoms with van der Waals surface area (Å²) in [4.78, 5) is 12.5. The minimum atomic E-state index is -1.13. The molecular formula is C54H109NO4. The van der Waals surface area contributed by atoms with Crippen LogP contribution in [0.1, 0.15) is 316 Å². The molecule has 3 unspecified atom stereocenters. The Hall–Kier alpha value is -0.650. The van der Waals surface area contributed by atoms with Gasteiger partial charge in [-0.15, -0.1) is 0 Å². The molecule has 59 heavy (non-hydrogen) atoms. The molecule has 0 aromatic heterocycles. The maximum atomic E-state index is 12.5. The predicted octanol–water partition coefficient (Wildman–Crippen LogP) is 16.6. The first-order valence-corrected chi connectivity index (χ1v) is 27.3. The zero-order chi connectivity index (χ0) is 43.0. The minimum Gasteiger partial charge on any atom is -0.394 e. The minimum absolute atomic E-state index is 0.137. The molecule has 1 amide bonds. The average molecular weight is 836 g/mol. The van der Waals surface area contributed by atoms with Crippen molar-refractivity contribution < 1.29 is 20.1 Å². The van der Waals surface area contributed by atoms with Crippen molar-refractivity contribution >= 4 is 5.91 Å². The molecule has 0 aromatic carbocycles. The van der Waals surface area contributed by atoms with Gasteiger partial charge in [-0.2, -0.15) is 0 Å². The van der Waals surface area contributed by atoms with Crippen molar-refractivity contribution in [2.24, 2.45) is 0 Å². The van der Waals surface area contributed by atoms with E-state index >= 15 is 0 Å². The highest BCUT2D eigenvalue weighted by molar-refractivity contribution is 5.76. The highest BCUT2D eigenvalue weighted by Crippen LogP contribution is 2.18. The fourth-order valence-electron chi connectivity index (χ4n) is 8.99. The number of rotatable bonds is 51. The van der Waals surface area contributed by atoms with Gasteiger partial charge in [0.1, 0.15) is 6.10 Å². The van der Waals surface area contributed by atoms with E-state index in [2.05, 4.69) is 19.2 Å². The summed E-state index contributed by atoms with van der Waals surface area (Å²) in [5, 5.41) is 33.6. The third-order valence-electron chi connectivity index (χ3n) is 13.2. The number of unbranched alkanes of at least 4 members (excludes halogenated alkanes) is 43. The van der Waals surface area contributed by atoms with Crippen LogP contribution in [-0.4, -0.2) is 46.1 Å². The van der Waals surface area contributed by atoms with E-state index in [0.29, 0.717) is 12.8 Å². The number of hydrogen-bond acceptors (Lipinski definition) is 4. The number of aliphatic hydroxyl groups is 3. The van der Waals surface area contributed by atoms with Gasteiger partial charge in [0.15, 0.2) is 0 Å². The fourth-order valence-corrected chi connectivity index (χ4v) is 8.99. The van der Waals surface area contributed by atoms with E-state index in [-0.39, 0.29) is 12.5 Å². The lowest BCUT2D eigenvalue weighted by Gasteiger charge is -2.26. The summed E-state index contributed by atoms with van der Waals surface area (Å²) in [6.45, 7) is 4.21. The smallest absolute Gasteiger partial charge is 0.220 e. The summed E-state index contributed by atoms with van der Waals surface area (Å²) in [5.41, 5.74) is 0. The van der Waals surface area contributed by atoms with Gasteiger partial charge in [-0.05, 0) is 12.8 Å². The average Bonchev–Trinajstić information content (AvgIpc) is 3.24. The maximum absolute atomic E-state index is 12.5. The molecule has 0 aliphatic carbocycles. The van der Waals surface area contributed by atoms with Crippen LogP contribution in [0.25, 0.3) is 0 Å². The second-order valence-corrected chi connectivity index (χ2v) is 19.2. The lowest BCUT2D eigenvalue weighted by atomic mass is 9.99. The molecular weight excluding hydrogens is 727 g/mol. The second kappa shape index (κ2) is 50.0. The quantitative estimate of drug-likeness (QED) is 0.0460. The summed E-state index contributed by atoms with van der Waals surface area (Å²) >= 11 is 0. The summed E-state index contributed by atoms with van der Waals surface area (Å²) < 4.78 is 0. The van der Waals surface area contributed by atoms with Gasteiger partial charge in [-0.1, -0.05) is 296 Å². The Balaban J connectivity index is 3.43. The molecule has 0 aromatic rings. The van der Waals surface area contributed by atoms with Crippen LogP contribution in [0.2, 0.25) is 0 Å². The van der Waals surface area contributed by atoms with Crippen LogP contribution in [0.15, 0.2) is 0 Å². The highest BCUT2D eigenvalue weighted by Gasteiger charge is 2.26. The van der Waals surface area contributed by atoms with Crippen LogP contribution in [-0.2, 0) is 4.79 Å². The molecule has 3 atom stereocenters. The van der Waals surface area contributed by atoms with E-state index in [9.17, 15) is 20.1 Å². The van der Waals surface area contributed by atoms with E-state index in [1.807, 2.05) is 0 Å². The number of amides is 1. The molecule has 0 bridgehead atoms. The van der Waals surface area contributed by atoms with Crippen molar-refractivity contribution in [2.45, 2.75) is 334 Å². The number of nitrogens with one attached hydrogen (secondary N) is 1. The Morgan fingerprint density at radius 2 is 0.576 bits per heavy atom. The molecule has 354 valence electrons. The molecule has 5 nitrogen and oxygen atoms in total. The molecule has 0 aliphatic heterocycles. The SMILES string of the molecule is CCCCCCCCCCCCCCCCCCCCCCCCCCCCCCCCCCC(=O)NC(CO)C(O)C(O)CCCCCCCCCCCCCCC. The molecule has 0 radical (unpaired) electrons. The first-order valence-electron chi connectivity index (χ1n) is 27.3. The summed E-state index contributed by atoms with van der Waals surface area (Å²) in [7, 11) is 0. The van der Waals surface area contributed by atoms with Gasteiger partial charge in [-0.3, -0.25) is 4.79 Å². The van der Waals surface area contributed by atoms with Gasteiger partial charge in [0.25, 0.3) is 0 Å². The zero-order valence-corrected chi connectivity index (χ0v) is 40.4. The number of hydrogen-bond donors (Lipinski definition) is 4. The molecule has 5 heteroatoms. The molecule has 0 aliphatic rings. The van der Waals surface area contributed by atoms with Gasteiger partial charge >= 0.3 is 0 Å². The summed E-state index contributed by atoms with van der Waals surface area (Å²) in [6, 6.07) is -0.803. The largest absolute Gasteiger partial charge is 0.394 e. The molecule has 0 saturated heterocycles. The van der Waals surface area contributed by atoms with Crippen molar-refractivity contribution in [2.75, 3.05) is 6.61 Å². The molecule has 0 heterocycles. The van der Waals surface area contributed by atoms with Crippen LogP contribution < -0.4 is 5.32 Å². The summed E-state index contributed by atoms with van der Waals surface area (Å²) in [6.07, 6.45) is 59.8. The predicted molar refractivity (Wildman–Crippen MR) is 259 cm³/mol.